The molecule has 0 N–H and O–H groups in total. The Bertz CT molecular complexity index is 287. The van der Waals surface area contributed by atoms with E-state index in [4.69, 9.17) is 0 Å². The summed E-state index contributed by atoms with van der Waals surface area (Å²) in [6, 6.07) is 0. The Morgan fingerprint density at radius 1 is 1.43 bits per heavy atom. The van der Waals surface area contributed by atoms with Gasteiger partial charge in [0.2, 0.25) is 5.78 Å². The summed E-state index contributed by atoms with van der Waals surface area (Å²) in [6.45, 7) is 5.62. The van der Waals surface area contributed by atoms with Crippen LogP contribution in [0.15, 0.2) is 12.2 Å². The molecule has 76 valence electrons. The van der Waals surface area contributed by atoms with Crippen molar-refractivity contribution >= 4 is 12.1 Å². The summed E-state index contributed by atoms with van der Waals surface area (Å²) in [5, 5.41) is 0. The first-order valence-corrected chi connectivity index (χ1v) is 4.65. The maximum atomic E-state index is 11.0. The summed E-state index contributed by atoms with van der Waals surface area (Å²) >= 11 is 0. The van der Waals surface area contributed by atoms with E-state index in [9.17, 15) is 9.59 Å². The molecule has 2 heteroatoms. The summed E-state index contributed by atoms with van der Waals surface area (Å²) in [4.78, 5) is 21.2. The molecule has 14 heavy (non-hydrogen) atoms. The van der Waals surface area contributed by atoms with E-state index in [0.717, 1.165) is 6.29 Å². The van der Waals surface area contributed by atoms with Gasteiger partial charge in [0.05, 0.1) is 0 Å². The van der Waals surface area contributed by atoms with Gasteiger partial charge < -0.3 is 4.79 Å². The van der Waals surface area contributed by atoms with Crippen molar-refractivity contribution in [1.29, 1.82) is 0 Å². The first-order valence-electron chi connectivity index (χ1n) is 4.65. The monoisotopic (exact) mass is 192 g/mol. The van der Waals surface area contributed by atoms with Gasteiger partial charge in [0.15, 0.2) is 0 Å². The predicted octanol–water partition coefficient (Wildman–Crippen LogP) is 2.14. The normalized spacial score (nSPS) is 10.8. The van der Waals surface area contributed by atoms with Crippen molar-refractivity contribution in [2.24, 2.45) is 5.41 Å². The topological polar surface area (TPSA) is 34.1 Å². The molecule has 0 fully saturated rings. The second-order valence-corrected chi connectivity index (χ2v) is 3.70. The van der Waals surface area contributed by atoms with Gasteiger partial charge in [-0.3, -0.25) is 4.79 Å². The number of carbonyl (C=O) groups excluding carboxylic acids is 2. The van der Waals surface area contributed by atoms with Crippen LogP contribution in [0.25, 0.3) is 0 Å². The van der Waals surface area contributed by atoms with Crippen LogP contribution in [0, 0.1) is 17.3 Å². The fourth-order valence-electron chi connectivity index (χ4n) is 0.906. The average molecular weight is 192 g/mol. The average Bonchev–Trinajstić information content (AvgIpc) is 2.13. The maximum absolute atomic E-state index is 11.0. The highest BCUT2D eigenvalue weighted by molar-refractivity contribution is 6.04. The fraction of sp³-hybridized carbons (Fsp3) is 0.500. The lowest BCUT2D eigenvalue weighted by atomic mass is 9.89. The first-order chi connectivity index (χ1) is 6.52. The molecular formula is C12H16O2. The number of hydrogen-bond acceptors (Lipinski definition) is 2. The molecule has 0 aliphatic carbocycles. The molecular weight excluding hydrogens is 176 g/mol. The molecule has 0 aromatic rings. The molecule has 0 saturated carbocycles. The zero-order valence-electron chi connectivity index (χ0n) is 8.96. The van der Waals surface area contributed by atoms with Gasteiger partial charge in [-0.15, -0.1) is 0 Å². The van der Waals surface area contributed by atoms with E-state index in [0.29, 0.717) is 12.8 Å². The lowest BCUT2D eigenvalue weighted by Gasteiger charge is -2.14. The molecule has 0 bridgehead atoms. The van der Waals surface area contributed by atoms with Gasteiger partial charge in [0.1, 0.15) is 6.29 Å². The third kappa shape index (κ3) is 6.19. The zero-order chi connectivity index (χ0) is 11.0. The highest BCUT2D eigenvalue weighted by Gasteiger charge is 2.13. The second-order valence-electron chi connectivity index (χ2n) is 3.70. The molecule has 0 saturated heterocycles. The second kappa shape index (κ2) is 6.15. The fourth-order valence-corrected chi connectivity index (χ4v) is 0.906. The number of rotatable bonds is 4. The van der Waals surface area contributed by atoms with E-state index < -0.39 is 0 Å². The van der Waals surface area contributed by atoms with Gasteiger partial charge in [0.25, 0.3) is 0 Å². The van der Waals surface area contributed by atoms with E-state index in [1.807, 2.05) is 13.8 Å². The molecule has 0 spiro atoms. The summed E-state index contributed by atoms with van der Waals surface area (Å²) in [5.74, 6) is 5.22. The molecule has 0 aromatic carbocycles. The third-order valence-corrected chi connectivity index (χ3v) is 1.73. The highest BCUT2D eigenvalue weighted by atomic mass is 16.1. The Balaban J connectivity index is 4.31. The molecule has 0 aliphatic heterocycles. The van der Waals surface area contributed by atoms with Crippen LogP contribution in [-0.4, -0.2) is 12.1 Å². The van der Waals surface area contributed by atoms with Gasteiger partial charge in [-0.2, -0.15) is 0 Å². The standard InChI is InChI=1S/C12H16O2/c1-4-6-11(14)7-9-12(2,3)8-5-10-13/h4,6,10H,5,8H2,1-3H3/b6-4+. The Morgan fingerprint density at radius 3 is 2.57 bits per heavy atom. The van der Waals surface area contributed by atoms with Crippen molar-refractivity contribution in [1.82, 2.24) is 0 Å². The number of carbonyl (C=O) groups is 2. The van der Waals surface area contributed by atoms with Crippen LogP contribution in [0.3, 0.4) is 0 Å². The lowest BCUT2D eigenvalue weighted by molar-refractivity contribution is -0.109. The summed E-state index contributed by atoms with van der Waals surface area (Å²) in [6.07, 6.45) is 5.14. The van der Waals surface area contributed by atoms with Crippen LogP contribution in [0.4, 0.5) is 0 Å². The molecule has 0 rings (SSSR count). The Hall–Kier alpha value is -1.36. The predicted molar refractivity (Wildman–Crippen MR) is 56.7 cm³/mol. The quantitative estimate of drug-likeness (QED) is 0.296. The van der Waals surface area contributed by atoms with E-state index in [-0.39, 0.29) is 11.2 Å². The van der Waals surface area contributed by atoms with Crippen molar-refractivity contribution in [3.8, 4) is 11.8 Å². The van der Waals surface area contributed by atoms with E-state index in [2.05, 4.69) is 11.8 Å². The lowest BCUT2D eigenvalue weighted by Crippen LogP contribution is -2.08. The number of allylic oxidation sites excluding steroid dienone is 2. The third-order valence-electron chi connectivity index (χ3n) is 1.73. The summed E-state index contributed by atoms with van der Waals surface area (Å²) in [7, 11) is 0. The van der Waals surface area contributed by atoms with Crippen LogP contribution in [-0.2, 0) is 9.59 Å². The number of hydrogen-bond donors (Lipinski definition) is 0. The van der Waals surface area contributed by atoms with Gasteiger partial charge >= 0.3 is 0 Å². The van der Waals surface area contributed by atoms with Crippen LogP contribution in [0.1, 0.15) is 33.6 Å². The maximum Gasteiger partial charge on any atom is 0.228 e. The molecule has 0 aromatic heterocycles. The van der Waals surface area contributed by atoms with Gasteiger partial charge in [-0.1, -0.05) is 12.0 Å². The Labute approximate surface area is 85.4 Å². The minimum atomic E-state index is -0.266. The first kappa shape index (κ1) is 12.6. The van der Waals surface area contributed by atoms with Crippen LogP contribution < -0.4 is 0 Å². The number of aldehydes is 1. The SMILES string of the molecule is C/C=C/C(=O)C#CC(C)(C)CCC=O. The molecule has 0 atom stereocenters. The van der Waals surface area contributed by atoms with E-state index in [1.54, 1.807) is 13.0 Å². The molecule has 0 amide bonds. The summed E-state index contributed by atoms with van der Waals surface area (Å²) in [5.41, 5.74) is -0.266. The van der Waals surface area contributed by atoms with Crippen molar-refractivity contribution in [2.75, 3.05) is 0 Å². The van der Waals surface area contributed by atoms with Gasteiger partial charge in [0, 0.05) is 11.8 Å². The molecule has 0 aliphatic rings. The van der Waals surface area contributed by atoms with Gasteiger partial charge in [-0.25, -0.2) is 0 Å². The molecule has 0 unspecified atom stereocenters. The minimum absolute atomic E-state index is 0.188. The Morgan fingerprint density at radius 2 is 2.07 bits per heavy atom. The van der Waals surface area contributed by atoms with Crippen molar-refractivity contribution in [3.63, 3.8) is 0 Å². The zero-order valence-corrected chi connectivity index (χ0v) is 8.96. The Kier molecular flexibility index (Phi) is 5.55. The van der Waals surface area contributed by atoms with Crippen molar-refractivity contribution in [2.45, 2.75) is 33.6 Å². The summed E-state index contributed by atoms with van der Waals surface area (Å²) < 4.78 is 0. The van der Waals surface area contributed by atoms with Crippen molar-refractivity contribution < 1.29 is 9.59 Å². The van der Waals surface area contributed by atoms with Crippen LogP contribution >= 0.6 is 0 Å². The van der Waals surface area contributed by atoms with Crippen LogP contribution in [0.5, 0.6) is 0 Å². The molecule has 2 nitrogen and oxygen atoms in total. The highest BCUT2D eigenvalue weighted by Crippen LogP contribution is 2.19. The van der Waals surface area contributed by atoms with Gasteiger partial charge in [-0.05, 0) is 39.2 Å². The largest absolute Gasteiger partial charge is 0.303 e. The van der Waals surface area contributed by atoms with Crippen molar-refractivity contribution in [3.05, 3.63) is 12.2 Å². The van der Waals surface area contributed by atoms with Crippen LogP contribution in [0.2, 0.25) is 0 Å². The molecule has 0 heterocycles. The molecule has 0 radical (unpaired) electrons. The number of ketones is 1. The van der Waals surface area contributed by atoms with E-state index in [1.165, 1.54) is 6.08 Å². The smallest absolute Gasteiger partial charge is 0.228 e. The van der Waals surface area contributed by atoms with E-state index >= 15 is 0 Å². The minimum Gasteiger partial charge on any atom is -0.303 e.